The number of thioether (sulfide) groups is 1. The van der Waals surface area contributed by atoms with Gasteiger partial charge in [-0.2, -0.15) is 0 Å². The summed E-state index contributed by atoms with van der Waals surface area (Å²) in [6.45, 7) is 2.77. The molecule has 3 aromatic rings. The van der Waals surface area contributed by atoms with Crippen LogP contribution >= 0.6 is 34.4 Å². The van der Waals surface area contributed by atoms with Crippen LogP contribution in [-0.2, 0) is 34.7 Å². The minimum absolute atomic E-state index is 0.0645. The Morgan fingerprint density at radius 1 is 1.37 bits per heavy atom. The Balaban J connectivity index is 1.47. The van der Waals surface area contributed by atoms with Crippen LogP contribution in [-0.4, -0.2) is 33.2 Å². The molecular formula is C20H22N4O3S3. The van der Waals surface area contributed by atoms with Crippen molar-refractivity contribution in [2.75, 3.05) is 11.9 Å². The molecule has 1 aliphatic heterocycles. The number of nitrogens with zero attached hydrogens (tertiary/aromatic N) is 3. The maximum Gasteiger partial charge on any atom is 0.263 e. The van der Waals surface area contributed by atoms with E-state index in [2.05, 4.69) is 10.3 Å². The van der Waals surface area contributed by atoms with Crippen molar-refractivity contribution in [3.05, 3.63) is 31.9 Å². The van der Waals surface area contributed by atoms with Gasteiger partial charge < -0.3 is 10.1 Å². The Hall–Kier alpha value is -1.75. The molecule has 4 heterocycles. The van der Waals surface area contributed by atoms with Gasteiger partial charge in [0.15, 0.2) is 10.3 Å². The van der Waals surface area contributed by atoms with E-state index in [9.17, 15) is 9.59 Å². The van der Waals surface area contributed by atoms with E-state index in [1.807, 2.05) is 9.95 Å². The summed E-state index contributed by atoms with van der Waals surface area (Å²) in [7, 11) is 0. The molecule has 1 saturated heterocycles. The number of rotatable bonds is 6. The predicted molar refractivity (Wildman–Crippen MR) is 121 cm³/mol. The zero-order valence-electron chi connectivity index (χ0n) is 16.6. The molecule has 5 rings (SSSR count). The Labute approximate surface area is 185 Å². The molecule has 1 fully saturated rings. The van der Waals surface area contributed by atoms with E-state index in [1.165, 1.54) is 40.5 Å². The van der Waals surface area contributed by atoms with Crippen molar-refractivity contribution in [1.82, 2.24) is 14.5 Å². The summed E-state index contributed by atoms with van der Waals surface area (Å²) in [5.41, 5.74) is 2.14. The van der Waals surface area contributed by atoms with Crippen molar-refractivity contribution in [2.45, 2.75) is 62.6 Å². The average molecular weight is 463 g/mol. The Morgan fingerprint density at radius 3 is 3.07 bits per heavy atom. The number of fused-ring (bicyclic) bond motifs is 3. The van der Waals surface area contributed by atoms with E-state index >= 15 is 0 Å². The van der Waals surface area contributed by atoms with Crippen LogP contribution in [0.25, 0.3) is 10.2 Å². The van der Waals surface area contributed by atoms with E-state index in [-0.39, 0.29) is 17.6 Å². The van der Waals surface area contributed by atoms with Gasteiger partial charge in [0.05, 0.1) is 23.7 Å². The molecule has 3 aromatic heterocycles. The highest BCUT2D eigenvalue weighted by Crippen LogP contribution is 2.36. The quantitative estimate of drug-likeness (QED) is 0.443. The summed E-state index contributed by atoms with van der Waals surface area (Å²) < 4.78 is 7.63. The number of hydrogen-bond acceptors (Lipinski definition) is 8. The summed E-state index contributed by atoms with van der Waals surface area (Å²) in [4.78, 5) is 36.3. The molecule has 30 heavy (non-hydrogen) atoms. The lowest BCUT2D eigenvalue weighted by Crippen LogP contribution is -2.28. The monoisotopic (exact) mass is 462 g/mol. The minimum Gasteiger partial charge on any atom is -0.376 e. The SMILES string of the molecule is CC(=O)Nc1nc(CSc2nc3sc4c(c3c(=O)n2C[C@@H]2CCCO2)CCC4)cs1. The fourth-order valence-electron chi connectivity index (χ4n) is 4.04. The molecular weight excluding hydrogens is 440 g/mol. The summed E-state index contributed by atoms with van der Waals surface area (Å²) in [5, 5.41) is 6.77. The minimum atomic E-state index is -0.133. The fourth-order valence-corrected chi connectivity index (χ4v) is 7.11. The van der Waals surface area contributed by atoms with Crippen molar-refractivity contribution in [3.63, 3.8) is 0 Å². The van der Waals surface area contributed by atoms with Crippen LogP contribution in [0, 0.1) is 0 Å². The van der Waals surface area contributed by atoms with Gasteiger partial charge in [0.25, 0.3) is 5.56 Å². The molecule has 2 aliphatic rings. The van der Waals surface area contributed by atoms with Gasteiger partial charge >= 0.3 is 0 Å². The van der Waals surface area contributed by atoms with Gasteiger partial charge in [-0.3, -0.25) is 14.2 Å². The molecule has 0 radical (unpaired) electrons. The van der Waals surface area contributed by atoms with Crippen molar-refractivity contribution in [2.24, 2.45) is 0 Å². The topological polar surface area (TPSA) is 86.1 Å². The number of thiophene rings is 1. The second-order valence-electron chi connectivity index (χ2n) is 7.60. The first-order valence-electron chi connectivity index (χ1n) is 10.1. The van der Waals surface area contributed by atoms with E-state index in [4.69, 9.17) is 9.72 Å². The van der Waals surface area contributed by atoms with Crippen molar-refractivity contribution in [3.8, 4) is 0 Å². The number of carbonyl (C=O) groups excluding carboxylic acids is 1. The van der Waals surface area contributed by atoms with E-state index in [0.717, 1.165) is 59.8 Å². The largest absolute Gasteiger partial charge is 0.376 e. The molecule has 158 valence electrons. The van der Waals surface area contributed by atoms with Gasteiger partial charge in [-0.15, -0.1) is 22.7 Å². The first kappa shape index (κ1) is 20.2. The Morgan fingerprint density at radius 2 is 2.27 bits per heavy atom. The molecule has 1 atom stereocenters. The van der Waals surface area contributed by atoms with Gasteiger partial charge in [0.2, 0.25) is 5.91 Å². The standard InChI is InChI=1S/C20H22N4O3S3/c1-11(25)21-19-22-12(9-28-19)10-29-20-23-17-16(14-5-2-6-15(14)30-17)18(26)24(20)8-13-4-3-7-27-13/h9,13H,2-8,10H2,1H3,(H,21,22,25)/t13-/m0/s1. The molecule has 1 aliphatic carbocycles. The van der Waals surface area contributed by atoms with Crippen LogP contribution in [0.1, 0.15) is 42.3 Å². The Kier molecular flexibility index (Phi) is 5.65. The molecule has 0 bridgehead atoms. The number of thiazole rings is 1. The fraction of sp³-hybridized carbons (Fsp3) is 0.500. The number of hydrogen-bond donors (Lipinski definition) is 1. The number of aryl methyl sites for hydroxylation is 2. The first-order chi connectivity index (χ1) is 14.6. The first-order valence-corrected chi connectivity index (χ1v) is 12.8. The van der Waals surface area contributed by atoms with Crippen molar-refractivity contribution >= 4 is 55.7 Å². The normalized spacial score (nSPS) is 18.2. The van der Waals surface area contributed by atoms with E-state index in [0.29, 0.717) is 17.4 Å². The number of ether oxygens (including phenoxy) is 1. The van der Waals surface area contributed by atoms with Crippen LogP contribution in [0.3, 0.4) is 0 Å². The van der Waals surface area contributed by atoms with Crippen molar-refractivity contribution < 1.29 is 9.53 Å². The molecule has 0 saturated carbocycles. The lowest BCUT2D eigenvalue weighted by molar-refractivity contribution is -0.114. The summed E-state index contributed by atoms with van der Waals surface area (Å²) in [6, 6.07) is 0. The molecule has 1 N–H and O–H groups in total. The van der Waals surface area contributed by atoms with Gasteiger partial charge in [-0.1, -0.05) is 11.8 Å². The van der Waals surface area contributed by atoms with Crippen LogP contribution in [0.5, 0.6) is 0 Å². The zero-order valence-corrected chi connectivity index (χ0v) is 19.1. The predicted octanol–water partition coefficient (Wildman–Crippen LogP) is 3.83. The second-order valence-corrected chi connectivity index (χ2v) is 10.5. The molecule has 0 unspecified atom stereocenters. The summed E-state index contributed by atoms with van der Waals surface area (Å²) in [6.07, 6.45) is 5.23. The highest BCUT2D eigenvalue weighted by Gasteiger charge is 2.25. The molecule has 0 spiro atoms. The molecule has 0 aromatic carbocycles. The highest BCUT2D eigenvalue weighted by molar-refractivity contribution is 7.98. The van der Waals surface area contributed by atoms with Gasteiger partial charge in [0.1, 0.15) is 4.83 Å². The molecule has 10 heteroatoms. The lowest BCUT2D eigenvalue weighted by Gasteiger charge is -2.15. The van der Waals surface area contributed by atoms with Crippen molar-refractivity contribution in [1.29, 1.82) is 0 Å². The number of amides is 1. The smallest absolute Gasteiger partial charge is 0.263 e. The Bertz CT molecular complexity index is 1160. The third-order valence-corrected chi connectivity index (χ3v) is 8.39. The second kappa shape index (κ2) is 8.41. The van der Waals surface area contributed by atoms with Crippen LogP contribution in [0.2, 0.25) is 0 Å². The van der Waals surface area contributed by atoms with Crippen LogP contribution < -0.4 is 10.9 Å². The maximum absolute atomic E-state index is 13.5. The van der Waals surface area contributed by atoms with Crippen LogP contribution in [0.4, 0.5) is 5.13 Å². The van der Waals surface area contributed by atoms with E-state index < -0.39 is 0 Å². The van der Waals surface area contributed by atoms with Crippen LogP contribution in [0.15, 0.2) is 15.3 Å². The number of anilines is 1. The lowest BCUT2D eigenvalue weighted by atomic mass is 10.2. The maximum atomic E-state index is 13.5. The third kappa shape index (κ3) is 3.93. The number of nitrogens with one attached hydrogen (secondary N) is 1. The molecule has 1 amide bonds. The summed E-state index contributed by atoms with van der Waals surface area (Å²) in [5.74, 6) is 0.455. The third-order valence-electron chi connectivity index (χ3n) is 5.38. The highest BCUT2D eigenvalue weighted by atomic mass is 32.2. The zero-order chi connectivity index (χ0) is 20.7. The van der Waals surface area contributed by atoms with Gasteiger partial charge in [-0.05, 0) is 37.7 Å². The average Bonchev–Trinajstić information content (AvgIpc) is 3.47. The van der Waals surface area contributed by atoms with Gasteiger partial charge in [0, 0.05) is 29.5 Å². The molecule has 7 nitrogen and oxygen atoms in total. The van der Waals surface area contributed by atoms with E-state index in [1.54, 1.807) is 11.3 Å². The summed E-state index contributed by atoms with van der Waals surface area (Å²) >= 11 is 4.59. The van der Waals surface area contributed by atoms with Gasteiger partial charge in [-0.25, -0.2) is 9.97 Å². The number of carbonyl (C=O) groups is 1. The number of aromatic nitrogens is 3.